The molecule has 10 nitrogen and oxygen atoms in total. The van der Waals surface area contributed by atoms with Crippen LogP contribution >= 0.6 is 0 Å². The van der Waals surface area contributed by atoms with E-state index in [0.717, 1.165) is 38.5 Å². The van der Waals surface area contributed by atoms with Gasteiger partial charge in [0.1, 0.15) is 11.3 Å². The minimum Gasteiger partial charge on any atom is -0.405 e. The van der Waals surface area contributed by atoms with E-state index in [0.29, 0.717) is 23.1 Å². The first-order chi connectivity index (χ1) is 19.9. The van der Waals surface area contributed by atoms with E-state index < -0.39 is 23.9 Å². The Bertz CT molecular complexity index is 1550. The maximum Gasteiger partial charge on any atom is 0.573 e. The number of nitrogen functional groups attached to an aromatic ring is 1. The molecule has 2 aromatic heterocycles. The van der Waals surface area contributed by atoms with Crippen molar-refractivity contribution in [2.24, 2.45) is 5.92 Å². The molecule has 1 aliphatic heterocycles. The van der Waals surface area contributed by atoms with Gasteiger partial charge in [-0.1, -0.05) is 0 Å². The van der Waals surface area contributed by atoms with Gasteiger partial charge in [-0.3, -0.25) is 9.59 Å². The van der Waals surface area contributed by atoms with Crippen molar-refractivity contribution >= 4 is 23.3 Å². The number of rotatable bonds is 7. The highest BCUT2D eigenvalue weighted by atomic mass is 19.4. The first-order valence-electron chi connectivity index (χ1n) is 14.3. The molecule has 42 heavy (non-hydrogen) atoms. The number of nitrogens with zero attached hydrogens (tertiary/aromatic N) is 5. The molecule has 2 aliphatic carbocycles. The Labute approximate surface area is 241 Å². The SMILES string of the molecule is CC(C1CC1)N1Cc2cc(-c3ccn4nc(N)c(C(=O)N[C@@H]5CCC[C@H](N(C)C)C5)c4n3)cc(OC(F)(F)F)c2C1=O. The van der Waals surface area contributed by atoms with Gasteiger partial charge in [0.15, 0.2) is 11.5 Å². The Morgan fingerprint density at radius 2 is 1.98 bits per heavy atom. The number of anilines is 1. The summed E-state index contributed by atoms with van der Waals surface area (Å²) < 4.78 is 46.1. The minimum absolute atomic E-state index is 0.00229. The van der Waals surface area contributed by atoms with Crippen molar-refractivity contribution in [3.05, 3.63) is 41.1 Å². The summed E-state index contributed by atoms with van der Waals surface area (Å²) in [6, 6.07) is 4.65. The van der Waals surface area contributed by atoms with Crippen LogP contribution in [0.15, 0.2) is 24.4 Å². The standard InChI is InChI=1S/C29H34F3N7O3/c1-15(16-7-8-16)38-14-18-11-17(12-22(23(18)28(38)41)42-29(30,31)32)21-9-10-39-26(35-21)24(25(33)36-39)27(40)34-19-5-4-6-20(13-19)37(2)3/h9-12,15-16,19-20H,4-8,13-14H2,1-3H3,(H2,33,36)(H,34,40)/t15?,19-,20+/m1/s1. The molecule has 3 aliphatic rings. The molecule has 13 heteroatoms. The third-order valence-electron chi connectivity index (χ3n) is 8.77. The lowest BCUT2D eigenvalue weighted by atomic mass is 9.90. The lowest BCUT2D eigenvalue weighted by Gasteiger charge is -2.33. The summed E-state index contributed by atoms with van der Waals surface area (Å²) in [7, 11) is 4.05. The Balaban J connectivity index is 1.35. The van der Waals surface area contributed by atoms with Gasteiger partial charge in [0, 0.05) is 36.4 Å². The van der Waals surface area contributed by atoms with Crippen LogP contribution in [-0.2, 0) is 6.54 Å². The Morgan fingerprint density at radius 1 is 1.21 bits per heavy atom. The summed E-state index contributed by atoms with van der Waals surface area (Å²) in [5.74, 6) is -1.09. The third-order valence-corrected chi connectivity index (χ3v) is 8.77. The zero-order chi connectivity index (χ0) is 29.9. The highest BCUT2D eigenvalue weighted by Crippen LogP contribution is 2.42. The predicted octanol–water partition coefficient (Wildman–Crippen LogP) is 4.23. The van der Waals surface area contributed by atoms with E-state index in [1.807, 2.05) is 21.0 Å². The number of alkyl halides is 3. The number of halogens is 3. The molecule has 224 valence electrons. The zero-order valence-corrected chi connectivity index (χ0v) is 23.7. The van der Waals surface area contributed by atoms with Gasteiger partial charge in [0.2, 0.25) is 0 Å². The highest BCUT2D eigenvalue weighted by molar-refractivity contribution is 6.05. The van der Waals surface area contributed by atoms with Gasteiger partial charge in [0.05, 0.1) is 11.3 Å². The molecule has 3 aromatic rings. The summed E-state index contributed by atoms with van der Waals surface area (Å²) >= 11 is 0. The maximum atomic E-state index is 13.4. The average molecular weight is 586 g/mol. The first-order valence-corrected chi connectivity index (χ1v) is 14.3. The van der Waals surface area contributed by atoms with Crippen molar-refractivity contribution in [1.29, 1.82) is 0 Å². The molecule has 2 saturated carbocycles. The summed E-state index contributed by atoms with van der Waals surface area (Å²) in [5, 5.41) is 7.30. The van der Waals surface area contributed by atoms with E-state index in [-0.39, 0.29) is 46.9 Å². The molecular weight excluding hydrogens is 551 g/mol. The van der Waals surface area contributed by atoms with Crippen molar-refractivity contribution in [3.63, 3.8) is 0 Å². The summed E-state index contributed by atoms with van der Waals surface area (Å²) in [6.07, 6.45) is 2.25. The second-order valence-corrected chi connectivity index (χ2v) is 11.9. The van der Waals surface area contributed by atoms with Gasteiger partial charge in [-0.05, 0) is 89.2 Å². The van der Waals surface area contributed by atoms with Crippen molar-refractivity contribution in [3.8, 4) is 17.0 Å². The van der Waals surface area contributed by atoms with E-state index in [9.17, 15) is 22.8 Å². The number of benzene rings is 1. The van der Waals surface area contributed by atoms with E-state index in [2.05, 4.69) is 25.0 Å². The van der Waals surface area contributed by atoms with Crippen molar-refractivity contribution in [1.82, 2.24) is 29.7 Å². The van der Waals surface area contributed by atoms with Crippen molar-refractivity contribution in [2.75, 3.05) is 19.8 Å². The van der Waals surface area contributed by atoms with Gasteiger partial charge in [-0.2, -0.15) is 0 Å². The molecule has 1 aromatic carbocycles. The topological polar surface area (TPSA) is 118 Å². The van der Waals surface area contributed by atoms with Gasteiger partial charge in [-0.25, -0.2) is 9.50 Å². The summed E-state index contributed by atoms with van der Waals surface area (Å²) in [6.45, 7) is 2.10. The van der Waals surface area contributed by atoms with Gasteiger partial charge in [-0.15, -0.1) is 18.3 Å². The second-order valence-electron chi connectivity index (χ2n) is 11.9. The molecule has 0 saturated heterocycles. The minimum atomic E-state index is -4.99. The number of nitrogens with one attached hydrogen (secondary N) is 1. The number of fused-ring (bicyclic) bond motifs is 2. The molecule has 2 amide bonds. The van der Waals surface area contributed by atoms with Crippen LogP contribution in [0, 0.1) is 5.92 Å². The largest absolute Gasteiger partial charge is 0.573 e. The Hall–Kier alpha value is -3.87. The smallest absolute Gasteiger partial charge is 0.405 e. The fourth-order valence-corrected chi connectivity index (χ4v) is 6.30. The normalized spacial score (nSPS) is 21.6. The number of nitrogens with two attached hydrogens (primary N) is 1. The summed E-state index contributed by atoms with van der Waals surface area (Å²) in [5.41, 5.74) is 7.40. The third kappa shape index (κ3) is 5.37. The Morgan fingerprint density at radius 3 is 2.67 bits per heavy atom. The van der Waals surface area contributed by atoms with E-state index in [1.54, 1.807) is 23.2 Å². The van der Waals surface area contributed by atoms with E-state index in [1.165, 1.54) is 10.6 Å². The molecule has 2 fully saturated rings. The van der Waals surface area contributed by atoms with Crippen molar-refractivity contribution in [2.45, 2.75) is 76.5 Å². The van der Waals surface area contributed by atoms with Crippen LogP contribution in [0.5, 0.6) is 5.75 Å². The van der Waals surface area contributed by atoms with Crippen LogP contribution in [0.4, 0.5) is 19.0 Å². The zero-order valence-electron chi connectivity index (χ0n) is 23.7. The molecule has 0 bridgehead atoms. The van der Waals surface area contributed by atoms with Crippen molar-refractivity contribution < 1.29 is 27.5 Å². The molecular formula is C29H34F3N7O3. The molecule has 0 spiro atoms. The van der Waals surface area contributed by atoms with E-state index in [4.69, 9.17) is 5.73 Å². The van der Waals surface area contributed by atoms with Crippen LogP contribution in [-0.4, -0.2) is 74.8 Å². The Kier molecular flexibility index (Phi) is 7.03. The predicted molar refractivity (Wildman–Crippen MR) is 149 cm³/mol. The number of hydrogen-bond acceptors (Lipinski definition) is 7. The van der Waals surface area contributed by atoms with Crippen LogP contribution in [0.25, 0.3) is 16.9 Å². The summed E-state index contributed by atoms with van der Waals surface area (Å²) in [4.78, 5) is 35.0. The number of ether oxygens (including phenoxy) is 1. The first kappa shape index (κ1) is 28.3. The molecule has 3 N–H and O–H groups in total. The van der Waals surface area contributed by atoms with Crippen LogP contribution in [0.1, 0.15) is 71.7 Å². The monoisotopic (exact) mass is 585 g/mol. The number of hydrogen-bond donors (Lipinski definition) is 2. The quantitative estimate of drug-likeness (QED) is 0.426. The molecule has 1 unspecified atom stereocenters. The van der Waals surface area contributed by atoms with Gasteiger partial charge in [0.25, 0.3) is 11.8 Å². The van der Waals surface area contributed by atoms with Crippen LogP contribution in [0.3, 0.4) is 0 Å². The second kappa shape index (κ2) is 10.4. The molecule has 6 rings (SSSR count). The fourth-order valence-electron chi connectivity index (χ4n) is 6.30. The van der Waals surface area contributed by atoms with Crippen LogP contribution < -0.4 is 15.8 Å². The molecule has 3 atom stereocenters. The maximum absolute atomic E-state index is 13.4. The highest BCUT2D eigenvalue weighted by Gasteiger charge is 2.42. The number of carbonyl (C=O) groups is 2. The molecule has 0 radical (unpaired) electrons. The average Bonchev–Trinajstić information content (AvgIpc) is 3.64. The fraction of sp³-hybridized carbons (Fsp3) is 0.517. The molecule has 3 heterocycles. The number of carbonyl (C=O) groups excluding carboxylic acids is 2. The lowest BCUT2D eigenvalue weighted by molar-refractivity contribution is -0.274. The van der Waals surface area contributed by atoms with Gasteiger partial charge < -0.3 is 25.6 Å². The number of amides is 2. The van der Waals surface area contributed by atoms with Gasteiger partial charge >= 0.3 is 6.36 Å². The van der Waals surface area contributed by atoms with E-state index >= 15 is 0 Å². The lowest BCUT2D eigenvalue weighted by Crippen LogP contribution is -2.43. The van der Waals surface area contributed by atoms with Crippen LogP contribution in [0.2, 0.25) is 0 Å². The number of aromatic nitrogens is 3.